The highest BCUT2D eigenvalue weighted by Crippen LogP contribution is 2.45. The minimum atomic E-state index is 0.199. The molecule has 25 heavy (non-hydrogen) atoms. The minimum Gasteiger partial charge on any atom is -0.495 e. The van der Waals surface area contributed by atoms with E-state index in [1.807, 2.05) is 35.7 Å². The SMILES string of the molecule is COc1ccc(-c2cs[nH+]c2-c2cc(OC)c3c(c2)OCO3)cc1N. The maximum atomic E-state index is 6.06. The number of hydrogen-bond acceptors (Lipinski definition) is 6. The lowest BCUT2D eigenvalue weighted by atomic mass is 10.0. The van der Waals surface area contributed by atoms with Crippen LogP contribution in [0.3, 0.4) is 0 Å². The van der Waals surface area contributed by atoms with E-state index in [0.717, 1.165) is 22.4 Å². The Kier molecular flexibility index (Phi) is 3.85. The molecule has 0 bridgehead atoms. The Balaban J connectivity index is 1.82. The molecule has 0 unspecified atom stereocenters. The number of nitrogens with one attached hydrogen (secondary N) is 1. The Hall–Kier alpha value is -2.93. The highest BCUT2D eigenvalue weighted by molar-refractivity contribution is 6.99. The Morgan fingerprint density at radius 1 is 1.04 bits per heavy atom. The Morgan fingerprint density at radius 2 is 1.88 bits per heavy atom. The molecule has 6 nitrogen and oxygen atoms in total. The van der Waals surface area contributed by atoms with Crippen molar-refractivity contribution in [2.45, 2.75) is 0 Å². The zero-order valence-corrected chi connectivity index (χ0v) is 14.6. The van der Waals surface area contributed by atoms with Gasteiger partial charge in [0.25, 0.3) is 0 Å². The number of rotatable bonds is 4. The largest absolute Gasteiger partial charge is 0.495 e. The number of anilines is 1. The van der Waals surface area contributed by atoms with Crippen molar-refractivity contribution < 1.29 is 23.3 Å². The highest BCUT2D eigenvalue weighted by Gasteiger charge is 2.25. The summed E-state index contributed by atoms with van der Waals surface area (Å²) < 4.78 is 25.0. The summed E-state index contributed by atoms with van der Waals surface area (Å²) in [5.41, 5.74) is 10.6. The smallest absolute Gasteiger partial charge is 0.233 e. The van der Waals surface area contributed by atoms with Crippen LogP contribution < -0.4 is 29.1 Å². The molecule has 0 aliphatic carbocycles. The number of nitrogen functional groups attached to an aromatic ring is 1. The van der Waals surface area contributed by atoms with Crippen LogP contribution in [0.5, 0.6) is 23.0 Å². The molecule has 0 amide bonds. The number of hydrogen-bond donors (Lipinski definition) is 1. The number of H-pyrrole nitrogens is 1. The van der Waals surface area contributed by atoms with Crippen molar-refractivity contribution in [1.82, 2.24) is 0 Å². The van der Waals surface area contributed by atoms with Gasteiger partial charge in [-0.05, 0) is 29.8 Å². The molecule has 0 spiro atoms. The van der Waals surface area contributed by atoms with Gasteiger partial charge in [0.1, 0.15) is 17.3 Å². The van der Waals surface area contributed by atoms with E-state index in [-0.39, 0.29) is 6.79 Å². The lowest BCUT2D eigenvalue weighted by molar-refractivity contribution is -0.275. The number of aromatic nitrogens is 1. The maximum Gasteiger partial charge on any atom is 0.233 e. The van der Waals surface area contributed by atoms with Gasteiger partial charge in [0.2, 0.25) is 18.2 Å². The summed E-state index contributed by atoms with van der Waals surface area (Å²) in [6.45, 7) is 0.199. The quantitative estimate of drug-likeness (QED) is 0.726. The van der Waals surface area contributed by atoms with Crippen molar-refractivity contribution in [2.75, 3.05) is 26.7 Å². The first-order valence-electron chi connectivity index (χ1n) is 7.62. The summed E-state index contributed by atoms with van der Waals surface area (Å²) in [7, 11) is 3.22. The fourth-order valence-electron chi connectivity index (χ4n) is 2.86. The van der Waals surface area contributed by atoms with Gasteiger partial charge in [-0.2, -0.15) is 0 Å². The van der Waals surface area contributed by atoms with E-state index in [4.69, 9.17) is 24.7 Å². The fourth-order valence-corrected chi connectivity index (χ4v) is 3.64. The molecule has 1 aliphatic heterocycles. The number of ether oxygens (including phenoxy) is 4. The van der Waals surface area contributed by atoms with Gasteiger partial charge in [-0.25, -0.2) is 0 Å². The van der Waals surface area contributed by atoms with Crippen LogP contribution in [0.4, 0.5) is 5.69 Å². The van der Waals surface area contributed by atoms with Gasteiger partial charge in [0, 0.05) is 0 Å². The van der Waals surface area contributed by atoms with Crippen LogP contribution in [-0.4, -0.2) is 21.0 Å². The van der Waals surface area contributed by atoms with Crippen molar-refractivity contribution in [2.24, 2.45) is 0 Å². The third-order valence-electron chi connectivity index (χ3n) is 4.09. The van der Waals surface area contributed by atoms with Crippen LogP contribution in [0, 0.1) is 0 Å². The third-order valence-corrected chi connectivity index (χ3v) is 4.77. The maximum absolute atomic E-state index is 6.06. The molecule has 7 heteroatoms. The molecule has 4 rings (SSSR count). The molecule has 0 radical (unpaired) electrons. The lowest BCUT2D eigenvalue weighted by Crippen LogP contribution is -1.99. The van der Waals surface area contributed by atoms with Gasteiger partial charge in [-0.1, -0.05) is 6.07 Å². The number of fused-ring (bicyclic) bond motifs is 1. The van der Waals surface area contributed by atoms with Crippen molar-refractivity contribution in [1.29, 1.82) is 0 Å². The normalized spacial score (nSPS) is 12.2. The van der Waals surface area contributed by atoms with E-state index in [9.17, 15) is 0 Å². The van der Waals surface area contributed by atoms with Gasteiger partial charge in [-0.15, -0.1) is 4.37 Å². The number of aromatic amines is 1. The Labute approximate surface area is 148 Å². The van der Waals surface area contributed by atoms with Gasteiger partial charge in [0.15, 0.2) is 11.5 Å². The standard InChI is InChI=1S/C18H16N2O4S/c1-21-14-4-3-10(5-13(14)19)12-8-25-20-17(12)11-6-15(22-2)18-16(7-11)23-9-24-18/h3-8H,9,19H2,1-2H3/p+1. The molecule has 0 atom stereocenters. The van der Waals surface area contributed by atoms with E-state index >= 15 is 0 Å². The summed E-state index contributed by atoms with van der Waals surface area (Å²) in [5, 5.41) is 2.05. The third kappa shape index (κ3) is 2.62. The summed E-state index contributed by atoms with van der Waals surface area (Å²) in [6.07, 6.45) is 0. The first-order chi connectivity index (χ1) is 12.2. The molecule has 0 fully saturated rings. The molecule has 3 N–H and O–H groups in total. The second-order valence-corrected chi connectivity index (χ2v) is 6.17. The van der Waals surface area contributed by atoms with Crippen LogP contribution in [0.2, 0.25) is 0 Å². The van der Waals surface area contributed by atoms with Crippen LogP contribution in [-0.2, 0) is 0 Å². The first-order valence-corrected chi connectivity index (χ1v) is 8.50. The van der Waals surface area contributed by atoms with Crippen molar-refractivity contribution >= 4 is 17.2 Å². The van der Waals surface area contributed by atoms with Crippen molar-refractivity contribution in [3.05, 3.63) is 35.7 Å². The summed E-state index contributed by atoms with van der Waals surface area (Å²) in [4.78, 5) is 0. The van der Waals surface area contributed by atoms with E-state index in [0.29, 0.717) is 28.7 Å². The molecule has 0 saturated heterocycles. The van der Waals surface area contributed by atoms with E-state index < -0.39 is 0 Å². The second kappa shape index (κ2) is 6.18. The number of nitrogens with two attached hydrogens (primary N) is 1. The van der Waals surface area contributed by atoms with Crippen molar-refractivity contribution in [3.63, 3.8) is 0 Å². The molecule has 3 aromatic rings. The van der Waals surface area contributed by atoms with Crippen molar-refractivity contribution in [3.8, 4) is 45.4 Å². The molecule has 1 aliphatic rings. The first kappa shape index (κ1) is 15.6. The Bertz CT molecular complexity index is 939. The summed E-state index contributed by atoms with van der Waals surface area (Å²) in [6, 6.07) is 9.63. The predicted octanol–water partition coefficient (Wildman–Crippen LogP) is 3.22. The fraction of sp³-hybridized carbons (Fsp3) is 0.167. The van der Waals surface area contributed by atoms with E-state index in [2.05, 4.69) is 4.37 Å². The molecular weight excluding hydrogens is 340 g/mol. The summed E-state index contributed by atoms with van der Waals surface area (Å²) >= 11 is 1.51. The monoisotopic (exact) mass is 357 g/mol. The van der Waals surface area contributed by atoms with Gasteiger partial charge in [0.05, 0.1) is 36.4 Å². The molecule has 2 aromatic carbocycles. The summed E-state index contributed by atoms with van der Waals surface area (Å²) in [5.74, 6) is 2.62. The number of methoxy groups -OCH3 is 2. The van der Waals surface area contributed by atoms with Gasteiger partial charge in [-0.3, -0.25) is 0 Å². The minimum absolute atomic E-state index is 0.199. The molecule has 0 saturated carbocycles. The molecule has 1 aromatic heterocycles. The van der Waals surface area contributed by atoms with Crippen LogP contribution >= 0.6 is 11.5 Å². The lowest BCUT2D eigenvalue weighted by Gasteiger charge is -2.08. The molecular formula is C18H17N2O4S+. The van der Waals surface area contributed by atoms with E-state index in [1.54, 1.807) is 14.2 Å². The zero-order chi connectivity index (χ0) is 17.4. The van der Waals surface area contributed by atoms with Crippen LogP contribution in [0.25, 0.3) is 22.4 Å². The van der Waals surface area contributed by atoms with Crippen LogP contribution in [0.15, 0.2) is 35.7 Å². The predicted molar refractivity (Wildman–Crippen MR) is 95.4 cm³/mol. The average Bonchev–Trinajstić information content (AvgIpc) is 3.29. The highest BCUT2D eigenvalue weighted by atomic mass is 32.1. The Morgan fingerprint density at radius 3 is 2.64 bits per heavy atom. The zero-order valence-electron chi connectivity index (χ0n) is 13.8. The second-order valence-electron chi connectivity index (χ2n) is 5.50. The van der Waals surface area contributed by atoms with Gasteiger partial charge >= 0.3 is 0 Å². The van der Waals surface area contributed by atoms with E-state index in [1.165, 1.54) is 11.5 Å². The van der Waals surface area contributed by atoms with Gasteiger partial charge < -0.3 is 24.7 Å². The number of benzene rings is 2. The average molecular weight is 357 g/mol. The molecule has 128 valence electrons. The van der Waals surface area contributed by atoms with Crippen LogP contribution in [0.1, 0.15) is 0 Å². The topological polar surface area (TPSA) is 77.1 Å². The molecule has 2 heterocycles.